The second kappa shape index (κ2) is 5.33. The Bertz CT molecular complexity index is 608. The molecule has 1 atom stereocenters. The van der Waals surface area contributed by atoms with Gasteiger partial charge in [-0.25, -0.2) is 4.98 Å². The second-order valence-electron chi connectivity index (χ2n) is 4.35. The predicted octanol–water partition coefficient (Wildman–Crippen LogP) is -0.640. The van der Waals surface area contributed by atoms with E-state index >= 15 is 0 Å². The Morgan fingerprint density at radius 3 is 3.00 bits per heavy atom. The quantitative estimate of drug-likeness (QED) is 0.682. The topological polar surface area (TPSA) is 100 Å². The van der Waals surface area contributed by atoms with E-state index in [0.29, 0.717) is 11.2 Å². The number of pyridine rings is 1. The van der Waals surface area contributed by atoms with Crippen molar-refractivity contribution in [2.45, 2.75) is 13.0 Å². The number of aryl methyl sites for hydroxylation is 2. The molecule has 0 saturated carbocycles. The monoisotopic (exact) mass is 264 g/mol. The fourth-order valence-electron chi connectivity index (χ4n) is 1.81. The number of carbonyl (C=O) groups is 1. The van der Waals surface area contributed by atoms with Crippen molar-refractivity contribution in [1.82, 2.24) is 20.1 Å². The molecule has 7 nitrogen and oxygen atoms in total. The Hall–Kier alpha value is -1.99. The number of rotatable bonds is 4. The van der Waals surface area contributed by atoms with Crippen molar-refractivity contribution in [3.63, 3.8) is 0 Å². The Labute approximate surface area is 109 Å². The van der Waals surface area contributed by atoms with Crippen LogP contribution in [-0.4, -0.2) is 50.1 Å². The van der Waals surface area contributed by atoms with Crippen LogP contribution in [0.25, 0.3) is 11.0 Å². The molecule has 2 aromatic heterocycles. The van der Waals surface area contributed by atoms with Crippen LogP contribution in [0.5, 0.6) is 0 Å². The largest absolute Gasteiger partial charge is 0.394 e. The average molecular weight is 264 g/mol. The molecule has 0 fully saturated rings. The fraction of sp³-hybridized carbons (Fsp3) is 0.417. The van der Waals surface area contributed by atoms with E-state index in [1.54, 1.807) is 17.8 Å². The van der Waals surface area contributed by atoms with Crippen molar-refractivity contribution < 1.29 is 15.0 Å². The molecule has 0 spiro atoms. The molecule has 19 heavy (non-hydrogen) atoms. The minimum atomic E-state index is -0.958. The van der Waals surface area contributed by atoms with Gasteiger partial charge in [0.05, 0.1) is 24.0 Å². The summed E-state index contributed by atoms with van der Waals surface area (Å²) in [6.07, 6.45) is 0.505. The smallest absolute Gasteiger partial charge is 0.252 e. The van der Waals surface area contributed by atoms with Crippen LogP contribution in [0.1, 0.15) is 16.1 Å². The predicted molar refractivity (Wildman–Crippen MR) is 68.7 cm³/mol. The average Bonchev–Trinajstić information content (AvgIpc) is 2.70. The summed E-state index contributed by atoms with van der Waals surface area (Å²) in [6.45, 7) is 1.46. The highest BCUT2D eigenvalue weighted by Crippen LogP contribution is 2.16. The molecular formula is C12H16N4O3. The first kappa shape index (κ1) is 13.4. The number of nitrogens with zero attached hydrogens (tertiary/aromatic N) is 3. The van der Waals surface area contributed by atoms with Gasteiger partial charge in [0.15, 0.2) is 5.65 Å². The molecule has 0 bridgehead atoms. The van der Waals surface area contributed by atoms with E-state index in [-0.39, 0.29) is 19.1 Å². The van der Waals surface area contributed by atoms with Crippen molar-refractivity contribution in [1.29, 1.82) is 0 Å². The number of aliphatic hydroxyl groups is 2. The molecule has 3 N–H and O–H groups in total. The normalized spacial score (nSPS) is 12.6. The van der Waals surface area contributed by atoms with Gasteiger partial charge in [0.2, 0.25) is 0 Å². The van der Waals surface area contributed by atoms with Gasteiger partial charge in [0.25, 0.3) is 5.91 Å². The fourth-order valence-corrected chi connectivity index (χ4v) is 1.81. The summed E-state index contributed by atoms with van der Waals surface area (Å²) in [5, 5.41) is 25.4. The van der Waals surface area contributed by atoms with E-state index in [4.69, 9.17) is 5.11 Å². The van der Waals surface area contributed by atoms with Crippen molar-refractivity contribution in [3.05, 3.63) is 23.5 Å². The summed E-state index contributed by atoms with van der Waals surface area (Å²) < 4.78 is 1.65. The van der Waals surface area contributed by atoms with Crippen LogP contribution in [0.2, 0.25) is 0 Å². The van der Waals surface area contributed by atoms with Crippen LogP contribution in [0.4, 0.5) is 0 Å². The number of nitrogens with one attached hydrogen (secondary N) is 1. The maximum atomic E-state index is 11.9. The van der Waals surface area contributed by atoms with E-state index in [2.05, 4.69) is 15.4 Å². The lowest BCUT2D eigenvalue weighted by Gasteiger charge is -2.08. The van der Waals surface area contributed by atoms with E-state index in [9.17, 15) is 9.90 Å². The maximum Gasteiger partial charge on any atom is 0.252 e. The molecule has 2 rings (SSSR count). The minimum absolute atomic E-state index is 0.000603. The number of amides is 1. The van der Waals surface area contributed by atoms with Gasteiger partial charge < -0.3 is 15.5 Å². The van der Waals surface area contributed by atoms with Gasteiger partial charge in [-0.1, -0.05) is 0 Å². The van der Waals surface area contributed by atoms with Gasteiger partial charge in [-0.05, 0) is 13.0 Å². The highest BCUT2D eigenvalue weighted by Gasteiger charge is 2.12. The molecule has 0 aromatic carbocycles. The van der Waals surface area contributed by atoms with E-state index in [1.165, 1.54) is 6.20 Å². The van der Waals surface area contributed by atoms with Crippen LogP contribution in [-0.2, 0) is 7.05 Å². The minimum Gasteiger partial charge on any atom is -0.394 e. The lowest BCUT2D eigenvalue weighted by molar-refractivity contribution is 0.0802. The molecule has 1 amide bonds. The molecule has 102 valence electrons. The van der Waals surface area contributed by atoms with Gasteiger partial charge in [0.1, 0.15) is 0 Å². The van der Waals surface area contributed by atoms with E-state index < -0.39 is 6.10 Å². The Balaban J connectivity index is 2.21. The highest BCUT2D eigenvalue weighted by molar-refractivity contribution is 5.97. The number of hydrogen-bond donors (Lipinski definition) is 3. The molecular weight excluding hydrogens is 248 g/mol. The molecule has 2 heterocycles. The third kappa shape index (κ3) is 2.72. The lowest BCUT2D eigenvalue weighted by Crippen LogP contribution is -2.33. The first-order chi connectivity index (χ1) is 9.02. The van der Waals surface area contributed by atoms with Gasteiger partial charge in [-0.15, -0.1) is 0 Å². The third-order valence-electron chi connectivity index (χ3n) is 2.83. The first-order valence-corrected chi connectivity index (χ1v) is 5.89. The van der Waals surface area contributed by atoms with E-state index in [0.717, 1.165) is 11.1 Å². The first-order valence-electron chi connectivity index (χ1n) is 5.89. The van der Waals surface area contributed by atoms with Gasteiger partial charge in [-0.2, -0.15) is 5.10 Å². The molecule has 0 aliphatic rings. The summed E-state index contributed by atoms with van der Waals surface area (Å²) in [5.41, 5.74) is 1.91. The number of aliphatic hydroxyl groups excluding tert-OH is 2. The molecule has 2 aromatic rings. The summed E-state index contributed by atoms with van der Waals surface area (Å²) in [4.78, 5) is 16.1. The zero-order valence-corrected chi connectivity index (χ0v) is 10.8. The molecule has 0 aliphatic heterocycles. The van der Waals surface area contributed by atoms with Gasteiger partial charge >= 0.3 is 0 Å². The van der Waals surface area contributed by atoms with Crippen molar-refractivity contribution >= 4 is 16.9 Å². The number of fused-ring (bicyclic) bond motifs is 1. The summed E-state index contributed by atoms with van der Waals surface area (Å²) in [5.74, 6) is -0.342. The van der Waals surface area contributed by atoms with Crippen LogP contribution < -0.4 is 5.32 Å². The molecule has 7 heteroatoms. The summed E-state index contributed by atoms with van der Waals surface area (Å²) in [7, 11) is 1.79. The Morgan fingerprint density at radius 1 is 1.58 bits per heavy atom. The number of hydrogen-bond acceptors (Lipinski definition) is 5. The van der Waals surface area contributed by atoms with Crippen molar-refractivity contribution in [2.24, 2.45) is 7.05 Å². The van der Waals surface area contributed by atoms with Crippen LogP contribution in [0.3, 0.4) is 0 Å². The Kier molecular flexibility index (Phi) is 3.77. The van der Waals surface area contributed by atoms with Crippen molar-refractivity contribution in [3.8, 4) is 0 Å². The molecule has 0 aliphatic carbocycles. The zero-order valence-electron chi connectivity index (χ0n) is 10.8. The summed E-state index contributed by atoms with van der Waals surface area (Å²) in [6, 6.07) is 1.71. The standard InChI is InChI=1S/C12H16N4O3/c1-7-10-3-8(4-13-11(10)16(2)15-7)12(19)14-5-9(18)6-17/h3-4,9,17-18H,5-6H2,1-2H3,(H,14,19). The lowest BCUT2D eigenvalue weighted by atomic mass is 10.2. The molecule has 1 unspecified atom stereocenters. The van der Waals surface area contributed by atoms with Crippen LogP contribution >= 0.6 is 0 Å². The zero-order chi connectivity index (χ0) is 14.0. The van der Waals surface area contributed by atoms with E-state index in [1.807, 2.05) is 6.92 Å². The molecule has 0 radical (unpaired) electrons. The maximum absolute atomic E-state index is 11.9. The molecule has 0 saturated heterocycles. The second-order valence-corrected chi connectivity index (χ2v) is 4.35. The van der Waals surface area contributed by atoms with Crippen LogP contribution in [0, 0.1) is 6.92 Å². The number of carbonyl (C=O) groups excluding carboxylic acids is 1. The Morgan fingerprint density at radius 2 is 2.32 bits per heavy atom. The highest BCUT2D eigenvalue weighted by atomic mass is 16.3. The third-order valence-corrected chi connectivity index (χ3v) is 2.83. The van der Waals surface area contributed by atoms with Crippen molar-refractivity contribution in [2.75, 3.05) is 13.2 Å². The van der Waals surface area contributed by atoms with Gasteiger partial charge in [0, 0.05) is 25.2 Å². The summed E-state index contributed by atoms with van der Waals surface area (Å²) >= 11 is 0. The SMILES string of the molecule is Cc1nn(C)c2ncc(C(=O)NCC(O)CO)cc12. The van der Waals surface area contributed by atoms with Gasteiger partial charge in [-0.3, -0.25) is 9.48 Å². The van der Waals surface area contributed by atoms with Crippen LogP contribution in [0.15, 0.2) is 12.3 Å². The number of aromatic nitrogens is 3.